The summed E-state index contributed by atoms with van der Waals surface area (Å²) in [7, 11) is -3.88. The van der Waals surface area contributed by atoms with Crippen molar-refractivity contribution in [1.82, 2.24) is 9.97 Å². The molecule has 0 saturated heterocycles. The monoisotopic (exact) mass is 472 g/mol. The van der Waals surface area contributed by atoms with E-state index in [4.69, 9.17) is 0 Å². The third-order valence-corrected chi connectivity index (χ3v) is 6.51. The number of anilines is 2. The maximum atomic E-state index is 13.2. The first-order valence-corrected chi connectivity index (χ1v) is 12.2. The van der Waals surface area contributed by atoms with Crippen molar-refractivity contribution in [1.29, 1.82) is 0 Å². The molecule has 0 fully saturated rings. The van der Waals surface area contributed by atoms with Gasteiger partial charge in [-0.05, 0) is 55.3 Å². The van der Waals surface area contributed by atoms with Crippen LogP contribution in [0.25, 0.3) is 0 Å². The Hall–Kier alpha value is -4.04. The summed E-state index contributed by atoms with van der Waals surface area (Å²) in [6, 6.07) is 26.8. The Morgan fingerprint density at radius 2 is 1.26 bits per heavy atom. The Labute approximate surface area is 199 Å². The Morgan fingerprint density at radius 3 is 1.76 bits per heavy atom. The minimum Gasteiger partial charge on any atom is -0.325 e. The Kier molecular flexibility index (Phi) is 6.70. The van der Waals surface area contributed by atoms with Crippen LogP contribution in [0.15, 0.2) is 95.9 Å². The fourth-order valence-electron chi connectivity index (χ4n) is 3.67. The van der Waals surface area contributed by atoms with Crippen LogP contribution in [0.3, 0.4) is 0 Å². The number of benzene rings is 3. The van der Waals surface area contributed by atoms with Gasteiger partial charge in [0.25, 0.3) is 10.0 Å². The maximum absolute atomic E-state index is 13.2. The molecule has 0 spiro atoms. The summed E-state index contributed by atoms with van der Waals surface area (Å²) in [5.41, 5.74) is 3.54. The maximum Gasteiger partial charge on any atom is 0.264 e. The first-order valence-electron chi connectivity index (χ1n) is 10.7. The van der Waals surface area contributed by atoms with E-state index in [9.17, 15) is 13.2 Å². The third-order valence-electron chi connectivity index (χ3n) is 5.17. The lowest BCUT2D eigenvalue weighted by Gasteiger charge is -2.18. The number of aryl methyl sites for hydroxylation is 2. The van der Waals surface area contributed by atoms with Crippen molar-refractivity contribution in [2.45, 2.75) is 24.7 Å². The van der Waals surface area contributed by atoms with Gasteiger partial charge in [0.05, 0.1) is 10.8 Å². The van der Waals surface area contributed by atoms with E-state index in [-0.39, 0.29) is 16.8 Å². The lowest BCUT2D eigenvalue weighted by atomic mass is 9.90. The van der Waals surface area contributed by atoms with Crippen LogP contribution in [0.5, 0.6) is 0 Å². The largest absolute Gasteiger partial charge is 0.325 e. The zero-order chi connectivity index (χ0) is 24.1. The first kappa shape index (κ1) is 23.1. The molecule has 0 saturated carbocycles. The Balaban J connectivity index is 1.53. The third kappa shape index (κ3) is 5.47. The van der Waals surface area contributed by atoms with Gasteiger partial charge in [0.2, 0.25) is 11.9 Å². The molecule has 1 heterocycles. The topological polar surface area (TPSA) is 101 Å². The minimum absolute atomic E-state index is 0.0171. The number of carbonyl (C=O) groups is 1. The zero-order valence-electron chi connectivity index (χ0n) is 18.8. The number of amides is 1. The molecule has 2 N–H and O–H groups in total. The van der Waals surface area contributed by atoms with E-state index in [0.29, 0.717) is 17.1 Å². The summed E-state index contributed by atoms with van der Waals surface area (Å²) >= 11 is 0. The van der Waals surface area contributed by atoms with Crippen LogP contribution in [0, 0.1) is 13.8 Å². The summed E-state index contributed by atoms with van der Waals surface area (Å²) in [4.78, 5) is 21.5. The molecule has 1 amide bonds. The van der Waals surface area contributed by atoms with E-state index in [0.717, 1.165) is 11.1 Å². The average Bonchev–Trinajstić information content (AvgIpc) is 2.80. The molecule has 4 rings (SSSR count). The van der Waals surface area contributed by atoms with Gasteiger partial charge in [-0.1, -0.05) is 60.7 Å². The number of hydrogen-bond donors (Lipinski definition) is 2. The highest BCUT2D eigenvalue weighted by Crippen LogP contribution is 2.26. The van der Waals surface area contributed by atoms with Crippen LogP contribution in [-0.2, 0) is 14.8 Å². The molecule has 0 bridgehead atoms. The second kappa shape index (κ2) is 9.84. The molecule has 4 aromatic rings. The molecule has 0 aliphatic carbocycles. The van der Waals surface area contributed by atoms with Crippen molar-refractivity contribution in [3.05, 3.63) is 114 Å². The van der Waals surface area contributed by atoms with Crippen LogP contribution in [0.1, 0.15) is 28.4 Å². The normalized spacial score (nSPS) is 11.3. The number of sulfonamides is 1. The molecule has 0 radical (unpaired) electrons. The van der Waals surface area contributed by atoms with Crippen LogP contribution >= 0.6 is 0 Å². The minimum atomic E-state index is -3.88. The molecule has 34 heavy (non-hydrogen) atoms. The van der Waals surface area contributed by atoms with Crippen molar-refractivity contribution >= 4 is 27.6 Å². The van der Waals surface area contributed by atoms with Gasteiger partial charge >= 0.3 is 0 Å². The van der Waals surface area contributed by atoms with Gasteiger partial charge < -0.3 is 5.32 Å². The molecule has 1 aromatic heterocycles. The smallest absolute Gasteiger partial charge is 0.264 e. The zero-order valence-corrected chi connectivity index (χ0v) is 19.6. The fourth-order valence-corrected chi connectivity index (χ4v) is 4.61. The lowest BCUT2D eigenvalue weighted by Crippen LogP contribution is -2.22. The standard InChI is InChI=1S/C26H24N4O3S/c1-18-17-19(2)28-26(27-18)30-34(32,33)23-15-13-22(14-16-23)29-25(31)24(20-9-5-3-6-10-20)21-11-7-4-8-12-21/h3-17,24H,1-2H3,(H,29,31)(H,27,28,30). The molecule has 0 aliphatic heterocycles. The average molecular weight is 473 g/mol. The number of nitrogens with zero attached hydrogens (tertiary/aromatic N) is 2. The quantitative estimate of drug-likeness (QED) is 0.407. The number of rotatable bonds is 7. The molecular weight excluding hydrogens is 448 g/mol. The van der Waals surface area contributed by atoms with Crippen LogP contribution in [0.2, 0.25) is 0 Å². The van der Waals surface area contributed by atoms with E-state index in [1.165, 1.54) is 12.1 Å². The van der Waals surface area contributed by atoms with E-state index in [2.05, 4.69) is 20.0 Å². The SMILES string of the molecule is Cc1cc(C)nc(NS(=O)(=O)c2ccc(NC(=O)C(c3ccccc3)c3ccccc3)cc2)n1. The van der Waals surface area contributed by atoms with Crippen molar-refractivity contribution in [2.75, 3.05) is 10.0 Å². The summed E-state index contributed by atoms with van der Waals surface area (Å²) in [6.45, 7) is 3.53. The molecule has 7 nitrogen and oxygen atoms in total. The van der Waals surface area contributed by atoms with Gasteiger partial charge in [-0.15, -0.1) is 0 Å². The molecule has 0 atom stereocenters. The number of nitrogens with one attached hydrogen (secondary N) is 2. The summed E-state index contributed by atoms with van der Waals surface area (Å²) in [5, 5.41) is 2.90. The number of hydrogen-bond acceptors (Lipinski definition) is 5. The van der Waals surface area contributed by atoms with Gasteiger partial charge in [0.1, 0.15) is 0 Å². The van der Waals surface area contributed by atoms with Crippen LogP contribution < -0.4 is 10.0 Å². The molecule has 0 aliphatic rings. The second-order valence-corrected chi connectivity index (χ2v) is 9.53. The molecule has 0 unspecified atom stereocenters. The van der Waals surface area contributed by atoms with Gasteiger partial charge in [-0.25, -0.2) is 23.1 Å². The van der Waals surface area contributed by atoms with Crippen molar-refractivity contribution in [3.8, 4) is 0 Å². The van der Waals surface area contributed by atoms with Crippen molar-refractivity contribution in [3.63, 3.8) is 0 Å². The Morgan fingerprint density at radius 1 is 0.765 bits per heavy atom. The predicted molar refractivity (Wildman–Crippen MR) is 132 cm³/mol. The summed E-state index contributed by atoms with van der Waals surface area (Å²) in [5.74, 6) is -0.701. The molecular formula is C26H24N4O3S. The van der Waals surface area contributed by atoms with Gasteiger partial charge in [0, 0.05) is 17.1 Å². The highest BCUT2D eigenvalue weighted by atomic mass is 32.2. The highest BCUT2D eigenvalue weighted by molar-refractivity contribution is 7.92. The molecule has 8 heteroatoms. The van der Waals surface area contributed by atoms with Crippen LogP contribution in [-0.4, -0.2) is 24.3 Å². The molecule has 172 valence electrons. The van der Waals surface area contributed by atoms with Gasteiger partial charge in [-0.2, -0.15) is 0 Å². The second-order valence-electron chi connectivity index (χ2n) is 7.85. The summed E-state index contributed by atoms with van der Waals surface area (Å²) < 4.78 is 27.9. The molecule has 3 aromatic carbocycles. The fraction of sp³-hybridized carbons (Fsp3) is 0.115. The number of aromatic nitrogens is 2. The highest BCUT2D eigenvalue weighted by Gasteiger charge is 2.23. The van der Waals surface area contributed by atoms with E-state index < -0.39 is 15.9 Å². The first-order chi connectivity index (χ1) is 16.3. The van der Waals surface area contributed by atoms with E-state index in [1.807, 2.05) is 60.7 Å². The van der Waals surface area contributed by atoms with Crippen LogP contribution in [0.4, 0.5) is 11.6 Å². The lowest BCUT2D eigenvalue weighted by molar-refractivity contribution is -0.116. The van der Waals surface area contributed by atoms with Gasteiger partial charge in [0.15, 0.2) is 0 Å². The van der Waals surface area contributed by atoms with Crippen molar-refractivity contribution in [2.24, 2.45) is 0 Å². The van der Waals surface area contributed by atoms with Gasteiger partial charge in [-0.3, -0.25) is 4.79 Å². The number of carbonyl (C=O) groups excluding carboxylic acids is 1. The summed E-state index contributed by atoms with van der Waals surface area (Å²) in [6.07, 6.45) is 0. The van der Waals surface area contributed by atoms with E-state index >= 15 is 0 Å². The predicted octanol–water partition coefficient (Wildman–Crippen LogP) is 4.66. The van der Waals surface area contributed by atoms with Crippen molar-refractivity contribution < 1.29 is 13.2 Å². The van der Waals surface area contributed by atoms with E-state index in [1.54, 1.807) is 32.0 Å². The Bertz CT molecular complexity index is 1330.